The van der Waals surface area contributed by atoms with Crippen LogP contribution in [0.15, 0.2) is 40.8 Å². The van der Waals surface area contributed by atoms with Crippen molar-refractivity contribution in [3.8, 4) is 0 Å². The van der Waals surface area contributed by atoms with Crippen LogP contribution in [0.1, 0.15) is 11.5 Å². The van der Waals surface area contributed by atoms with E-state index in [0.717, 1.165) is 10.9 Å². The molecular formula is C15H13ClN4O3. The molecule has 0 atom stereocenters. The van der Waals surface area contributed by atoms with Crippen LogP contribution in [0.4, 0.5) is 17.3 Å². The van der Waals surface area contributed by atoms with Crippen LogP contribution in [-0.4, -0.2) is 9.91 Å². The normalized spacial score (nSPS) is 10.8. The molecule has 3 rings (SSSR count). The third-order valence-corrected chi connectivity index (χ3v) is 3.10. The van der Waals surface area contributed by atoms with Gasteiger partial charge >= 0.3 is 5.88 Å². The first-order chi connectivity index (χ1) is 10.5. The van der Waals surface area contributed by atoms with Gasteiger partial charge in [0.2, 0.25) is 0 Å². The predicted octanol–water partition coefficient (Wildman–Crippen LogP) is 3.49. The van der Waals surface area contributed by atoms with E-state index in [1.165, 1.54) is 12.1 Å². The molecule has 0 aliphatic heterocycles. The minimum atomic E-state index is -0.589. The number of aromatic nitrogens is 1. The third kappa shape index (κ3) is 3.41. The van der Waals surface area contributed by atoms with Gasteiger partial charge in [-0.1, -0.05) is 0 Å². The van der Waals surface area contributed by atoms with E-state index in [1.807, 2.05) is 0 Å². The number of nitrogen functional groups attached to an aromatic ring is 2. The first kappa shape index (κ1) is 16.3. The van der Waals surface area contributed by atoms with E-state index in [-0.39, 0.29) is 18.3 Å². The SMILES string of the molecule is Cl.Nc1ccc2nc(/C=C/c3ccc([N+](=O)[O-])o3)cc(N)c2c1. The number of halogens is 1. The Morgan fingerprint density at radius 2 is 1.91 bits per heavy atom. The second kappa shape index (κ2) is 6.37. The number of nitrogens with zero attached hydrogens (tertiary/aromatic N) is 2. The van der Waals surface area contributed by atoms with Gasteiger partial charge in [-0.25, -0.2) is 4.98 Å². The lowest BCUT2D eigenvalue weighted by Gasteiger charge is -2.04. The largest absolute Gasteiger partial charge is 0.433 e. The summed E-state index contributed by atoms with van der Waals surface area (Å²) in [7, 11) is 0. The minimum absolute atomic E-state index is 0. The summed E-state index contributed by atoms with van der Waals surface area (Å²) in [6, 6.07) is 9.81. The second-order valence-corrected chi connectivity index (χ2v) is 4.68. The van der Waals surface area contributed by atoms with Gasteiger partial charge in [0.1, 0.15) is 10.7 Å². The Kier molecular flexibility index (Phi) is 4.52. The van der Waals surface area contributed by atoms with Crippen molar-refractivity contribution in [1.29, 1.82) is 0 Å². The molecule has 0 amide bonds. The van der Waals surface area contributed by atoms with Crippen molar-refractivity contribution in [2.75, 3.05) is 11.5 Å². The standard InChI is InChI=1S/C15H12N4O3.ClH/c16-9-1-5-14-12(7-9)13(17)8-10(18-14)2-3-11-4-6-15(22-11)19(20)21;/h1-8H,16H2,(H2,17,18);1H/b3-2+;. The highest BCUT2D eigenvalue weighted by molar-refractivity contribution is 5.93. The van der Waals surface area contributed by atoms with Crippen LogP contribution in [0.25, 0.3) is 23.1 Å². The van der Waals surface area contributed by atoms with Crippen molar-refractivity contribution in [3.63, 3.8) is 0 Å². The number of nitrogens with two attached hydrogens (primary N) is 2. The van der Waals surface area contributed by atoms with Gasteiger partial charge < -0.3 is 15.9 Å². The lowest BCUT2D eigenvalue weighted by Crippen LogP contribution is -1.93. The summed E-state index contributed by atoms with van der Waals surface area (Å²) in [4.78, 5) is 14.4. The molecule has 118 valence electrons. The quantitative estimate of drug-likeness (QED) is 0.430. The Morgan fingerprint density at radius 3 is 2.61 bits per heavy atom. The molecular weight excluding hydrogens is 320 g/mol. The smallest absolute Gasteiger partial charge is 0.401 e. The molecule has 7 nitrogen and oxygen atoms in total. The number of anilines is 2. The minimum Gasteiger partial charge on any atom is -0.401 e. The van der Waals surface area contributed by atoms with Crippen molar-refractivity contribution < 1.29 is 9.34 Å². The maximum Gasteiger partial charge on any atom is 0.433 e. The topological polar surface area (TPSA) is 121 Å². The van der Waals surface area contributed by atoms with Gasteiger partial charge in [-0.15, -0.1) is 12.4 Å². The molecule has 0 saturated carbocycles. The third-order valence-electron chi connectivity index (χ3n) is 3.10. The highest BCUT2D eigenvalue weighted by Crippen LogP contribution is 2.24. The Balaban J connectivity index is 0.00000192. The van der Waals surface area contributed by atoms with Gasteiger partial charge in [0, 0.05) is 16.8 Å². The number of rotatable bonds is 3. The van der Waals surface area contributed by atoms with E-state index in [4.69, 9.17) is 15.9 Å². The zero-order valence-corrected chi connectivity index (χ0v) is 12.6. The summed E-state index contributed by atoms with van der Waals surface area (Å²) in [6.45, 7) is 0. The van der Waals surface area contributed by atoms with Crippen molar-refractivity contribution in [3.05, 3.63) is 58.0 Å². The molecule has 4 N–H and O–H groups in total. The molecule has 0 aliphatic carbocycles. The maximum absolute atomic E-state index is 10.6. The molecule has 0 spiro atoms. The number of fused-ring (bicyclic) bond motifs is 1. The molecule has 0 saturated heterocycles. The van der Waals surface area contributed by atoms with E-state index < -0.39 is 4.92 Å². The fourth-order valence-corrected chi connectivity index (χ4v) is 2.07. The summed E-state index contributed by atoms with van der Waals surface area (Å²) in [5.41, 5.74) is 14.2. The van der Waals surface area contributed by atoms with Crippen molar-refractivity contribution in [1.82, 2.24) is 4.98 Å². The Hall–Kier alpha value is -3.06. The molecule has 3 aromatic rings. The van der Waals surface area contributed by atoms with Gasteiger partial charge in [0.25, 0.3) is 0 Å². The van der Waals surface area contributed by atoms with Crippen LogP contribution in [0.2, 0.25) is 0 Å². The van der Waals surface area contributed by atoms with Crippen molar-refractivity contribution >= 4 is 52.7 Å². The van der Waals surface area contributed by atoms with Gasteiger partial charge in [-0.3, -0.25) is 10.1 Å². The second-order valence-electron chi connectivity index (χ2n) is 4.68. The lowest BCUT2D eigenvalue weighted by atomic mass is 10.1. The lowest BCUT2D eigenvalue weighted by molar-refractivity contribution is -0.402. The number of hydrogen-bond acceptors (Lipinski definition) is 6. The fraction of sp³-hybridized carbons (Fsp3) is 0. The Labute approximate surface area is 137 Å². The van der Waals surface area contributed by atoms with Crippen LogP contribution >= 0.6 is 12.4 Å². The first-order valence-electron chi connectivity index (χ1n) is 6.41. The van der Waals surface area contributed by atoms with E-state index in [0.29, 0.717) is 22.8 Å². The van der Waals surface area contributed by atoms with Gasteiger partial charge in [-0.05, 0) is 42.5 Å². The molecule has 0 unspecified atom stereocenters. The van der Waals surface area contributed by atoms with Gasteiger partial charge in [0.05, 0.1) is 17.3 Å². The monoisotopic (exact) mass is 332 g/mol. The van der Waals surface area contributed by atoms with Gasteiger partial charge in [0.15, 0.2) is 0 Å². The molecule has 23 heavy (non-hydrogen) atoms. The van der Waals surface area contributed by atoms with E-state index >= 15 is 0 Å². The number of nitro groups is 1. The predicted molar refractivity (Wildman–Crippen MR) is 92.1 cm³/mol. The molecule has 0 aliphatic rings. The molecule has 2 heterocycles. The molecule has 2 aromatic heterocycles. The first-order valence-corrected chi connectivity index (χ1v) is 6.41. The Morgan fingerprint density at radius 1 is 1.13 bits per heavy atom. The van der Waals surface area contributed by atoms with Gasteiger partial charge in [-0.2, -0.15) is 0 Å². The van der Waals surface area contributed by atoms with Crippen LogP contribution < -0.4 is 11.5 Å². The fourth-order valence-electron chi connectivity index (χ4n) is 2.07. The summed E-state index contributed by atoms with van der Waals surface area (Å²) in [6.07, 6.45) is 3.27. The number of hydrogen-bond donors (Lipinski definition) is 2. The summed E-state index contributed by atoms with van der Waals surface area (Å²) >= 11 is 0. The van der Waals surface area contributed by atoms with E-state index in [2.05, 4.69) is 4.98 Å². The van der Waals surface area contributed by atoms with Crippen LogP contribution in [-0.2, 0) is 0 Å². The Bertz CT molecular complexity index is 905. The molecule has 8 heteroatoms. The van der Waals surface area contributed by atoms with Crippen LogP contribution in [0.3, 0.4) is 0 Å². The summed E-state index contributed by atoms with van der Waals surface area (Å²) in [5, 5.41) is 11.3. The average molecular weight is 333 g/mol. The molecule has 0 radical (unpaired) electrons. The molecule has 1 aromatic carbocycles. The highest BCUT2D eigenvalue weighted by atomic mass is 35.5. The number of benzene rings is 1. The zero-order valence-electron chi connectivity index (χ0n) is 11.8. The maximum atomic E-state index is 10.6. The average Bonchev–Trinajstić information content (AvgIpc) is 2.95. The highest BCUT2D eigenvalue weighted by Gasteiger charge is 2.10. The van der Waals surface area contributed by atoms with E-state index in [1.54, 1.807) is 36.4 Å². The summed E-state index contributed by atoms with van der Waals surface area (Å²) < 4.78 is 5.04. The van der Waals surface area contributed by atoms with Crippen molar-refractivity contribution in [2.45, 2.75) is 0 Å². The van der Waals surface area contributed by atoms with E-state index in [9.17, 15) is 10.1 Å². The molecule has 0 bridgehead atoms. The van der Waals surface area contributed by atoms with Crippen LogP contribution in [0, 0.1) is 10.1 Å². The zero-order chi connectivity index (χ0) is 15.7. The van der Waals surface area contributed by atoms with Crippen molar-refractivity contribution in [2.24, 2.45) is 0 Å². The summed E-state index contributed by atoms with van der Waals surface area (Å²) in [5.74, 6) is 0.0607. The number of pyridine rings is 1. The number of furan rings is 1. The van der Waals surface area contributed by atoms with Crippen LogP contribution in [0.5, 0.6) is 0 Å². The molecule has 0 fully saturated rings.